The zero-order valence-electron chi connectivity index (χ0n) is 13.0. The summed E-state index contributed by atoms with van der Waals surface area (Å²) in [5, 5.41) is 3.60. The average Bonchev–Trinajstić information content (AvgIpc) is 2.40. The van der Waals surface area contributed by atoms with E-state index in [-0.39, 0.29) is 5.97 Å². The summed E-state index contributed by atoms with van der Waals surface area (Å²) >= 11 is 3.55. The van der Waals surface area contributed by atoms with Crippen LogP contribution in [0.4, 0.5) is 5.69 Å². The molecule has 116 valence electrons. The molecule has 1 aromatic rings. The monoisotopic (exact) mass is 353 g/mol. The van der Waals surface area contributed by atoms with Crippen molar-refractivity contribution in [1.82, 2.24) is 0 Å². The van der Waals surface area contributed by atoms with Crippen LogP contribution in [0.2, 0.25) is 0 Å². The van der Waals surface area contributed by atoms with Gasteiger partial charge in [0.15, 0.2) is 0 Å². The first-order valence-corrected chi connectivity index (χ1v) is 8.44. The number of carbonyl (C=O) groups is 1. The molecule has 0 aromatic heterocycles. The molecule has 1 aliphatic rings. The van der Waals surface area contributed by atoms with Crippen molar-refractivity contribution < 1.29 is 9.53 Å². The number of anilines is 1. The number of hydrogen-bond donors (Lipinski definition) is 1. The maximum Gasteiger partial charge on any atom is 0.338 e. The fraction of sp³-hybridized carbons (Fsp3) is 0.588. The Morgan fingerprint density at radius 2 is 2.24 bits per heavy atom. The van der Waals surface area contributed by atoms with Crippen LogP contribution in [0.1, 0.15) is 56.8 Å². The third kappa shape index (κ3) is 4.47. The number of rotatable bonds is 4. The highest BCUT2D eigenvalue weighted by atomic mass is 79.9. The number of ether oxygens (including phenoxy) is 1. The summed E-state index contributed by atoms with van der Waals surface area (Å²) in [5.41, 5.74) is 2.04. The van der Waals surface area contributed by atoms with Gasteiger partial charge in [0.05, 0.1) is 12.2 Å². The van der Waals surface area contributed by atoms with E-state index in [4.69, 9.17) is 4.74 Å². The third-order valence-corrected chi connectivity index (χ3v) is 4.70. The number of benzene rings is 1. The van der Waals surface area contributed by atoms with Crippen molar-refractivity contribution in [1.29, 1.82) is 0 Å². The van der Waals surface area contributed by atoms with Gasteiger partial charge >= 0.3 is 5.97 Å². The standard InChI is InChI=1S/C17H24BrNO2/c1-4-21-16(20)12-7-8-15(14(18)10-12)19-13-6-5-9-17(2,3)11-13/h7-8,10,13,19H,4-6,9,11H2,1-3H3. The molecular weight excluding hydrogens is 330 g/mol. The third-order valence-electron chi connectivity index (χ3n) is 4.04. The molecule has 0 saturated heterocycles. The average molecular weight is 354 g/mol. The molecule has 1 fully saturated rings. The molecule has 0 radical (unpaired) electrons. The molecule has 4 heteroatoms. The van der Waals surface area contributed by atoms with Crippen LogP contribution in [0, 0.1) is 5.41 Å². The summed E-state index contributed by atoms with van der Waals surface area (Å²) in [5.74, 6) is -0.274. The van der Waals surface area contributed by atoms with Gasteiger partial charge in [-0.25, -0.2) is 4.79 Å². The summed E-state index contributed by atoms with van der Waals surface area (Å²) in [6, 6.07) is 6.10. The summed E-state index contributed by atoms with van der Waals surface area (Å²) in [7, 11) is 0. The fourth-order valence-electron chi connectivity index (χ4n) is 3.01. The summed E-state index contributed by atoms with van der Waals surface area (Å²) in [6.07, 6.45) is 4.95. The van der Waals surface area contributed by atoms with Gasteiger partial charge in [-0.3, -0.25) is 0 Å². The van der Waals surface area contributed by atoms with E-state index in [1.54, 1.807) is 0 Å². The second-order valence-electron chi connectivity index (χ2n) is 6.52. The molecule has 1 atom stereocenters. The Labute approximate surface area is 135 Å². The van der Waals surface area contributed by atoms with Gasteiger partial charge in [0.1, 0.15) is 0 Å². The largest absolute Gasteiger partial charge is 0.462 e. The van der Waals surface area contributed by atoms with E-state index in [0.717, 1.165) is 10.2 Å². The maximum absolute atomic E-state index is 11.7. The van der Waals surface area contributed by atoms with Crippen LogP contribution in [-0.4, -0.2) is 18.6 Å². The van der Waals surface area contributed by atoms with Gasteiger partial charge in [-0.15, -0.1) is 0 Å². The lowest BCUT2D eigenvalue weighted by molar-refractivity contribution is 0.0526. The van der Waals surface area contributed by atoms with E-state index in [1.165, 1.54) is 25.7 Å². The van der Waals surface area contributed by atoms with Gasteiger partial charge in [0.2, 0.25) is 0 Å². The van der Waals surface area contributed by atoms with E-state index in [9.17, 15) is 4.79 Å². The van der Waals surface area contributed by atoms with Crippen LogP contribution in [0.25, 0.3) is 0 Å². The van der Waals surface area contributed by atoms with Gasteiger partial charge in [0.25, 0.3) is 0 Å². The number of nitrogens with one attached hydrogen (secondary N) is 1. The van der Waals surface area contributed by atoms with Gasteiger partial charge in [-0.05, 0) is 65.7 Å². The Morgan fingerprint density at radius 3 is 2.86 bits per heavy atom. The lowest BCUT2D eigenvalue weighted by Crippen LogP contribution is -2.31. The molecule has 0 bridgehead atoms. The summed E-state index contributed by atoms with van der Waals surface area (Å²) < 4.78 is 5.93. The predicted octanol–water partition coefficient (Wildman–Crippen LogP) is 5.01. The Balaban J connectivity index is 2.06. The molecule has 1 N–H and O–H groups in total. The molecule has 1 aliphatic carbocycles. The van der Waals surface area contributed by atoms with Crippen LogP contribution in [0.15, 0.2) is 22.7 Å². The Bertz CT molecular complexity index is 514. The Hall–Kier alpha value is -1.03. The highest BCUT2D eigenvalue weighted by molar-refractivity contribution is 9.10. The van der Waals surface area contributed by atoms with Crippen LogP contribution in [0.5, 0.6) is 0 Å². The minimum atomic E-state index is -0.274. The molecule has 0 spiro atoms. The SMILES string of the molecule is CCOC(=O)c1ccc(NC2CCCC(C)(C)C2)c(Br)c1. The zero-order valence-corrected chi connectivity index (χ0v) is 14.6. The lowest BCUT2D eigenvalue weighted by Gasteiger charge is -2.36. The zero-order chi connectivity index (χ0) is 15.5. The molecule has 1 aromatic carbocycles. The van der Waals surface area contributed by atoms with Gasteiger partial charge in [-0.2, -0.15) is 0 Å². The first-order chi connectivity index (χ1) is 9.91. The summed E-state index contributed by atoms with van der Waals surface area (Å²) in [6.45, 7) is 6.88. The van der Waals surface area contributed by atoms with E-state index in [1.807, 2.05) is 25.1 Å². The molecule has 21 heavy (non-hydrogen) atoms. The van der Waals surface area contributed by atoms with Crippen molar-refractivity contribution in [2.45, 2.75) is 52.5 Å². The van der Waals surface area contributed by atoms with E-state index >= 15 is 0 Å². The number of esters is 1. The quantitative estimate of drug-likeness (QED) is 0.773. The van der Waals surface area contributed by atoms with Gasteiger partial charge in [-0.1, -0.05) is 20.3 Å². The molecule has 1 saturated carbocycles. The Kier molecular flexibility index (Phi) is 5.31. The van der Waals surface area contributed by atoms with Crippen molar-refractivity contribution >= 4 is 27.6 Å². The first kappa shape index (κ1) is 16.3. The molecule has 0 amide bonds. The van der Waals surface area contributed by atoms with E-state index in [2.05, 4.69) is 35.1 Å². The molecule has 3 nitrogen and oxygen atoms in total. The van der Waals surface area contributed by atoms with Crippen LogP contribution in [0.3, 0.4) is 0 Å². The minimum absolute atomic E-state index is 0.274. The molecule has 0 aliphatic heterocycles. The number of carbonyl (C=O) groups excluding carboxylic acids is 1. The van der Waals surface area contributed by atoms with E-state index < -0.39 is 0 Å². The van der Waals surface area contributed by atoms with Crippen molar-refractivity contribution in [2.24, 2.45) is 5.41 Å². The van der Waals surface area contributed by atoms with E-state index in [0.29, 0.717) is 23.6 Å². The fourth-order valence-corrected chi connectivity index (χ4v) is 3.51. The van der Waals surface area contributed by atoms with Crippen LogP contribution in [-0.2, 0) is 4.74 Å². The summed E-state index contributed by atoms with van der Waals surface area (Å²) in [4.78, 5) is 11.7. The number of halogens is 1. The highest BCUT2D eigenvalue weighted by Gasteiger charge is 2.28. The molecular formula is C17H24BrNO2. The van der Waals surface area contributed by atoms with Crippen molar-refractivity contribution in [3.05, 3.63) is 28.2 Å². The van der Waals surface area contributed by atoms with Crippen molar-refractivity contribution in [2.75, 3.05) is 11.9 Å². The smallest absolute Gasteiger partial charge is 0.338 e. The lowest BCUT2D eigenvalue weighted by atomic mass is 9.75. The predicted molar refractivity (Wildman–Crippen MR) is 89.8 cm³/mol. The second kappa shape index (κ2) is 6.82. The molecule has 0 heterocycles. The van der Waals surface area contributed by atoms with Crippen LogP contribution >= 0.6 is 15.9 Å². The van der Waals surface area contributed by atoms with Crippen molar-refractivity contribution in [3.63, 3.8) is 0 Å². The highest BCUT2D eigenvalue weighted by Crippen LogP contribution is 2.37. The normalized spacial score (nSPS) is 20.9. The first-order valence-electron chi connectivity index (χ1n) is 7.64. The van der Waals surface area contributed by atoms with Gasteiger partial charge < -0.3 is 10.1 Å². The second-order valence-corrected chi connectivity index (χ2v) is 7.37. The molecule has 1 unspecified atom stereocenters. The van der Waals surface area contributed by atoms with Crippen LogP contribution < -0.4 is 5.32 Å². The molecule has 2 rings (SSSR count). The number of hydrogen-bond acceptors (Lipinski definition) is 3. The topological polar surface area (TPSA) is 38.3 Å². The maximum atomic E-state index is 11.7. The van der Waals surface area contributed by atoms with Gasteiger partial charge in [0, 0.05) is 16.2 Å². The minimum Gasteiger partial charge on any atom is -0.462 e. The van der Waals surface area contributed by atoms with Crippen molar-refractivity contribution in [3.8, 4) is 0 Å². The Morgan fingerprint density at radius 1 is 1.48 bits per heavy atom.